The number of aromatic nitrogens is 1. The van der Waals surface area contributed by atoms with E-state index < -0.39 is 10.0 Å². The molecule has 0 N–H and O–H groups in total. The fourth-order valence-corrected chi connectivity index (χ4v) is 5.57. The molecule has 0 aliphatic carbocycles. The van der Waals surface area contributed by atoms with Crippen LogP contribution in [0, 0.1) is 0 Å². The second-order valence-electron chi connectivity index (χ2n) is 6.22. The molecule has 3 rings (SSSR count). The average Bonchev–Trinajstić information content (AvgIpc) is 2.76. The molecule has 0 saturated carbocycles. The van der Waals surface area contributed by atoms with Gasteiger partial charge in [0.25, 0.3) is 0 Å². The number of likely N-dealkylation sites (N-methyl/N-ethyl adjacent to an activating group) is 2. The molecular weight excluding hydrogens is 288 g/mol. The Bertz CT molecular complexity index is 646. The molecule has 21 heavy (non-hydrogen) atoms. The van der Waals surface area contributed by atoms with E-state index in [0.29, 0.717) is 10.7 Å². The van der Waals surface area contributed by atoms with Crippen LogP contribution in [-0.2, 0) is 10.0 Å². The largest absolute Gasteiger partial charge is 0.353 e. The van der Waals surface area contributed by atoms with Crippen LogP contribution < -0.4 is 4.90 Å². The molecule has 2 aliphatic heterocycles. The van der Waals surface area contributed by atoms with Crippen LogP contribution in [0.4, 0.5) is 5.82 Å². The third-order valence-corrected chi connectivity index (χ3v) is 6.54. The normalized spacial score (nSPS) is 29.3. The summed E-state index contributed by atoms with van der Waals surface area (Å²) in [7, 11) is 0.454. The Balaban J connectivity index is 2.24. The van der Waals surface area contributed by atoms with Gasteiger partial charge in [-0.3, -0.25) is 0 Å². The van der Waals surface area contributed by atoms with Gasteiger partial charge in [-0.1, -0.05) is 0 Å². The molecule has 6 nitrogen and oxygen atoms in total. The molecule has 0 amide bonds. The summed E-state index contributed by atoms with van der Waals surface area (Å²) in [4.78, 5) is 8.87. The highest BCUT2D eigenvalue weighted by molar-refractivity contribution is 7.89. The highest BCUT2D eigenvalue weighted by Gasteiger charge is 2.48. The van der Waals surface area contributed by atoms with Gasteiger partial charge >= 0.3 is 0 Å². The lowest BCUT2D eigenvalue weighted by Crippen LogP contribution is -2.52. The smallest absolute Gasteiger partial charge is 0.247 e. The minimum atomic E-state index is -3.53. The van der Waals surface area contributed by atoms with E-state index in [1.807, 2.05) is 32.8 Å². The summed E-state index contributed by atoms with van der Waals surface area (Å²) in [5.74, 6) is 0.561. The highest BCUT2D eigenvalue weighted by atomic mass is 32.2. The third-order valence-electron chi connectivity index (χ3n) is 4.42. The molecule has 1 aromatic rings. The Morgan fingerprint density at radius 1 is 1.24 bits per heavy atom. The molecule has 0 bridgehead atoms. The average molecular weight is 310 g/mol. The number of likely N-dealkylation sites (tertiary alicyclic amines) is 1. The van der Waals surface area contributed by atoms with E-state index in [9.17, 15) is 8.42 Å². The molecule has 2 aliphatic rings. The summed E-state index contributed by atoms with van der Waals surface area (Å²) >= 11 is 0. The summed E-state index contributed by atoms with van der Waals surface area (Å²) in [6, 6.07) is 3.36. The third kappa shape index (κ3) is 2.15. The summed E-state index contributed by atoms with van der Waals surface area (Å²) < 4.78 is 27.9. The van der Waals surface area contributed by atoms with Gasteiger partial charge in [-0.25, -0.2) is 13.4 Å². The number of fused-ring (bicyclic) bond motifs is 2. The van der Waals surface area contributed by atoms with E-state index in [1.165, 1.54) is 0 Å². The van der Waals surface area contributed by atoms with Crippen molar-refractivity contribution < 1.29 is 8.42 Å². The van der Waals surface area contributed by atoms with Crippen molar-refractivity contribution in [2.75, 3.05) is 32.1 Å². The molecule has 0 aromatic carbocycles. The Kier molecular flexibility index (Phi) is 3.46. The number of pyridine rings is 1. The Labute approximate surface area is 126 Å². The van der Waals surface area contributed by atoms with Crippen LogP contribution in [0.25, 0.3) is 0 Å². The van der Waals surface area contributed by atoms with Gasteiger partial charge < -0.3 is 9.80 Å². The van der Waals surface area contributed by atoms with Crippen LogP contribution in [0.15, 0.2) is 23.2 Å². The number of anilines is 1. The molecule has 0 radical (unpaired) electrons. The van der Waals surface area contributed by atoms with Gasteiger partial charge in [-0.05, 0) is 33.0 Å². The fourth-order valence-electron chi connectivity index (χ4n) is 3.55. The Hall–Kier alpha value is -1.18. The summed E-state index contributed by atoms with van der Waals surface area (Å²) in [6.45, 7) is 5.47. The number of sulfonamides is 1. The van der Waals surface area contributed by atoms with Gasteiger partial charge in [0.1, 0.15) is 10.7 Å². The van der Waals surface area contributed by atoms with E-state index >= 15 is 0 Å². The van der Waals surface area contributed by atoms with Crippen LogP contribution >= 0.6 is 0 Å². The van der Waals surface area contributed by atoms with Gasteiger partial charge in [0, 0.05) is 32.4 Å². The van der Waals surface area contributed by atoms with Crippen molar-refractivity contribution >= 4 is 15.8 Å². The molecule has 3 heterocycles. The molecule has 1 fully saturated rings. The predicted octanol–water partition coefficient (Wildman–Crippen LogP) is 0.613. The van der Waals surface area contributed by atoms with E-state index in [1.54, 1.807) is 22.6 Å². The SMILES string of the molecule is CC(C)N1C2CN(C)CC2N(C)c2ncccc2S1(=O)=O. The van der Waals surface area contributed by atoms with Crippen LogP contribution in [0.3, 0.4) is 0 Å². The van der Waals surface area contributed by atoms with Crippen LogP contribution in [0.2, 0.25) is 0 Å². The van der Waals surface area contributed by atoms with Crippen LogP contribution in [0.1, 0.15) is 13.8 Å². The number of hydrogen-bond acceptors (Lipinski definition) is 5. The van der Waals surface area contributed by atoms with E-state index in [0.717, 1.165) is 13.1 Å². The van der Waals surface area contributed by atoms with Gasteiger partial charge in [0.15, 0.2) is 0 Å². The summed E-state index contributed by atoms with van der Waals surface area (Å²) in [5.41, 5.74) is 0. The first-order valence-electron chi connectivity index (χ1n) is 7.24. The zero-order valence-corrected chi connectivity index (χ0v) is 13.7. The summed E-state index contributed by atoms with van der Waals surface area (Å²) in [6.07, 6.45) is 1.66. The number of rotatable bonds is 1. The lowest BCUT2D eigenvalue weighted by Gasteiger charge is -2.34. The Morgan fingerprint density at radius 3 is 2.57 bits per heavy atom. The van der Waals surface area contributed by atoms with Crippen molar-refractivity contribution in [2.45, 2.75) is 36.9 Å². The standard InChI is InChI=1S/C14H22N4O2S/c1-10(2)18-12-9-16(3)8-11(12)17(4)14-13(21(18,19)20)6-5-7-15-14/h5-7,10-12H,8-9H2,1-4H3. The van der Waals surface area contributed by atoms with Crippen LogP contribution in [0.5, 0.6) is 0 Å². The van der Waals surface area contributed by atoms with Gasteiger partial charge in [-0.2, -0.15) is 4.31 Å². The van der Waals surface area contributed by atoms with Crippen molar-refractivity contribution in [1.29, 1.82) is 0 Å². The predicted molar refractivity (Wildman–Crippen MR) is 81.9 cm³/mol. The van der Waals surface area contributed by atoms with Crippen LogP contribution in [-0.4, -0.2) is 67.9 Å². The first-order chi connectivity index (χ1) is 9.84. The minimum absolute atomic E-state index is 0.0424. The quantitative estimate of drug-likeness (QED) is 0.761. The van der Waals surface area contributed by atoms with E-state index in [2.05, 4.69) is 9.88 Å². The van der Waals surface area contributed by atoms with Crippen molar-refractivity contribution in [3.05, 3.63) is 18.3 Å². The topological polar surface area (TPSA) is 56.8 Å². The zero-order chi connectivity index (χ0) is 15.4. The first-order valence-corrected chi connectivity index (χ1v) is 8.68. The molecule has 1 saturated heterocycles. The maximum atomic E-state index is 13.1. The lowest BCUT2D eigenvalue weighted by atomic mass is 10.1. The monoisotopic (exact) mass is 310 g/mol. The lowest BCUT2D eigenvalue weighted by molar-refractivity contribution is 0.261. The maximum Gasteiger partial charge on any atom is 0.247 e. The molecule has 2 unspecified atom stereocenters. The number of nitrogens with zero attached hydrogens (tertiary/aromatic N) is 4. The van der Waals surface area contributed by atoms with Gasteiger partial charge in [0.2, 0.25) is 10.0 Å². The second-order valence-corrected chi connectivity index (χ2v) is 8.03. The van der Waals surface area contributed by atoms with Gasteiger partial charge in [0.05, 0.1) is 12.1 Å². The minimum Gasteiger partial charge on any atom is -0.353 e. The molecule has 7 heteroatoms. The molecule has 116 valence electrons. The van der Waals surface area contributed by atoms with Gasteiger partial charge in [-0.15, -0.1) is 0 Å². The van der Waals surface area contributed by atoms with Crippen molar-refractivity contribution in [3.63, 3.8) is 0 Å². The molecular formula is C14H22N4O2S. The van der Waals surface area contributed by atoms with E-state index in [-0.39, 0.29) is 18.1 Å². The van der Waals surface area contributed by atoms with E-state index in [4.69, 9.17) is 0 Å². The molecule has 0 spiro atoms. The number of hydrogen-bond donors (Lipinski definition) is 0. The molecule has 2 atom stereocenters. The summed E-state index contributed by atoms with van der Waals surface area (Å²) in [5, 5.41) is 0. The Morgan fingerprint density at radius 2 is 1.90 bits per heavy atom. The molecule has 1 aromatic heterocycles. The van der Waals surface area contributed by atoms with Crippen molar-refractivity contribution in [1.82, 2.24) is 14.2 Å². The highest BCUT2D eigenvalue weighted by Crippen LogP contribution is 2.36. The van der Waals surface area contributed by atoms with Crippen molar-refractivity contribution in [2.24, 2.45) is 0 Å². The first kappa shape index (κ1) is 14.7. The second kappa shape index (κ2) is 4.93. The van der Waals surface area contributed by atoms with Crippen molar-refractivity contribution in [3.8, 4) is 0 Å². The zero-order valence-electron chi connectivity index (χ0n) is 12.9. The maximum absolute atomic E-state index is 13.1. The fraction of sp³-hybridized carbons (Fsp3) is 0.643.